The number of hydrogen-bond acceptors (Lipinski definition) is 3. The van der Waals surface area contributed by atoms with Crippen LogP contribution in [0.5, 0.6) is 0 Å². The Morgan fingerprint density at radius 3 is 2.50 bits per heavy atom. The Bertz CT molecular complexity index is 86.6. The van der Waals surface area contributed by atoms with Crippen molar-refractivity contribution < 1.29 is 9.47 Å². The minimum atomic E-state index is -0.177. The highest BCUT2D eigenvalue weighted by molar-refractivity contribution is 4.38. The number of ether oxygens (including phenoxy) is 2. The maximum atomic E-state index is 5.38. The fourth-order valence-electron chi connectivity index (χ4n) is 0.849. The number of rotatable bonds is 8. The largest absolute Gasteiger partial charge is 0.379 e. The van der Waals surface area contributed by atoms with Crippen molar-refractivity contribution in [3.8, 4) is 0 Å². The molecule has 0 aliphatic carbocycles. The molecule has 0 aromatic heterocycles. The van der Waals surface area contributed by atoms with Crippen LogP contribution >= 0.6 is 0 Å². The third kappa shape index (κ3) is 9.88. The van der Waals surface area contributed by atoms with E-state index in [-0.39, 0.29) is 6.23 Å². The smallest absolute Gasteiger partial charge is 0.102 e. The van der Waals surface area contributed by atoms with Gasteiger partial charge in [-0.2, -0.15) is 0 Å². The van der Waals surface area contributed by atoms with Crippen LogP contribution in [0.25, 0.3) is 0 Å². The third-order valence-corrected chi connectivity index (χ3v) is 1.50. The Kier molecular flexibility index (Phi) is 8.88. The van der Waals surface area contributed by atoms with Crippen molar-refractivity contribution in [3.05, 3.63) is 0 Å². The minimum absolute atomic E-state index is 0.177. The van der Waals surface area contributed by atoms with Crippen molar-refractivity contribution in [2.24, 2.45) is 5.73 Å². The van der Waals surface area contributed by atoms with Gasteiger partial charge in [-0.3, -0.25) is 0 Å². The lowest BCUT2D eigenvalue weighted by atomic mass is 10.3. The summed E-state index contributed by atoms with van der Waals surface area (Å²) in [4.78, 5) is 0. The molecule has 0 aromatic rings. The van der Waals surface area contributed by atoms with Crippen LogP contribution in [-0.4, -0.2) is 26.0 Å². The molecule has 0 aliphatic heterocycles. The Balaban J connectivity index is 2.82. The van der Waals surface area contributed by atoms with E-state index in [9.17, 15) is 0 Å². The zero-order chi connectivity index (χ0) is 9.23. The summed E-state index contributed by atoms with van der Waals surface area (Å²) in [5.74, 6) is 0. The average Bonchev–Trinajstić information content (AvgIpc) is 2.02. The summed E-state index contributed by atoms with van der Waals surface area (Å²) in [6.45, 7) is 6.10. The molecule has 3 heteroatoms. The Morgan fingerprint density at radius 2 is 1.92 bits per heavy atom. The highest BCUT2D eigenvalue weighted by Crippen LogP contribution is 1.93. The second kappa shape index (κ2) is 8.97. The molecule has 12 heavy (non-hydrogen) atoms. The predicted octanol–water partition coefficient (Wildman–Crippen LogP) is 1.51. The van der Waals surface area contributed by atoms with Crippen molar-refractivity contribution in [1.29, 1.82) is 0 Å². The summed E-state index contributed by atoms with van der Waals surface area (Å²) in [5.41, 5.74) is 5.38. The second-order valence-corrected chi connectivity index (χ2v) is 2.90. The molecule has 0 fully saturated rings. The van der Waals surface area contributed by atoms with E-state index in [0.29, 0.717) is 13.2 Å². The molecular weight excluding hydrogens is 154 g/mol. The quantitative estimate of drug-likeness (QED) is 0.449. The molecule has 0 amide bonds. The van der Waals surface area contributed by atoms with Crippen LogP contribution in [0, 0.1) is 0 Å². The molecule has 3 nitrogen and oxygen atoms in total. The van der Waals surface area contributed by atoms with Crippen LogP contribution in [0.15, 0.2) is 0 Å². The molecule has 2 N–H and O–H groups in total. The van der Waals surface area contributed by atoms with Crippen LogP contribution in [-0.2, 0) is 9.47 Å². The fraction of sp³-hybridized carbons (Fsp3) is 1.00. The normalized spacial score (nSPS) is 13.2. The molecule has 0 saturated heterocycles. The van der Waals surface area contributed by atoms with Gasteiger partial charge in [0, 0.05) is 6.61 Å². The monoisotopic (exact) mass is 175 g/mol. The van der Waals surface area contributed by atoms with Gasteiger partial charge < -0.3 is 15.2 Å². The van der Waals surface area contributed by atoms with E-state index >= 15 is 0 Å². The van der Waals surface area contributed by atoms with E-state index in [4.69, 9.17) is 15.2 Å². The summed E-state index contributed by atoms with van der Waals surface area (Å²) in [5, 5.41) is 0. The first-order chi connectivity index (χ1) is 5.77. The first kappa shape index (κ1) is 11.9. The first-order valence-electron chi connectivity index (χ1n) is 4.72. The summed E-state index contributed by atoms with van der Waals surface area (Å²) in [6, 6.07) is 0. The number of unbranched alkanes of at least 4 members (excludes halogenated alkanes) is 2. The van der Waals surface area contributed by atoms with Gasteiger partial charge in [0.05, 0.1) is 13.2 Å². The van der Waals surface area contributed by atoms with E-state index in [1.807, 2.05) is 6.92 Å². The summed E-state index contributed by atoms with van der Waals surface area (Å²) in [7, 11) is 0. The van der Waals surface area contributed by atoms with E-state index < -0.39 is 0 Å². The van der Waals surface area contributed by atoms with Crippen LogP contribution in [0.2, 0.25) is 0 Å². The molecule has 0 unspecified atom stereocenters. The van der Waals surface area contributed by atoms with Gasteiger partial charge in [-0.05, 0) is 13.3 Å². The maximum Gasteiger partial charge on any atom is 0.102 e. The molecule has 0 heterocycles. The molecule has 0 saturated carbocycles. The Morgan fingerprint density at radius 1 is 1.17 bits per heavy atom. The second-order valence-electron chi connectivity index (χ2n) is 2.90. The minimum Gasteiger partial charge on any atom is -0.379 e. The molecule has 0 aromatic carbocycles. The highest BCUT2D eigenvalue weighted by Gasteiger charge is 1.92. The standard InChI is InChI=1S/C9H21NO2/c1-3-4-5-6-11-7-8-12-9(2)10/h9H,3-8,10H2,1-2H3/t9-/m1/s1. The zero-order valence-electron chi connectivity index (χ0n) is 8.21. The predicted molar refractivity (Wildman–Crippen MR) is 49.9 cm³/mol. The van der Waals surface area contributed by atoms with Crippen LogP contribution < -0.4 is 5.73 Å². The van der Waals surface area contributed by atoms with Crippen molar-refractivity contribution in [2.45, 2.75) is 39.3 Å². The van der Waals surface area contributed by atoms with Gasteiger partial charge in [0.1, 0.15) is 6.23 Å². The first-order valence-corrected chi connectivity index (χ1v) is 4.72. The molecular formula is C9H21NO2. The summed E-state index contributed by atoms with van der Waals surface area (Å²) >= 11 is 0. The molecule has 0 radical (unpaired) electrons. The van der Waals surface area contributed by atoms with Gasteiger partial charge in [0.15, 0.2) is 0 Å². The summed E-state index contributed by atoms with van der Waals surface area (Å²) in [6.07, 6.45) is 3.45. The van der Waals surface area contributed by atoms with E-state index in [1.54, 1.807) is 0 Å². The van der Waals surface area contributed by atoms with Crippen molar-refractivity contribution >= 4 is 0 Å². The lowest BCUT2D eigenvalue weighted by molar-refractivity contribution is 0.0142. The SMILES string of the molecule is CCCCCOCCO[C@H](C)N. The van der Waals surface area contributed by atoms with Gasteiger partial charge in [0.25, 0.3) is 0 Å². The van der Waals surface area contributed by atoms with Gasteiger partial charge >= 0.3 is 0 Å². The van der Waals surface area contributed by atoms with Crippen LogP contribution in [0.3, 0.4) is 0 Å². The van der Waals surface area contributed by atoms with E-state index in [2.05, 4.69) is 6.92 Å². The van der Waals surface area contributed by atoms with Crippen molar-refractivity contribution in [1.82, 2.24) is 0 Å². The molecule has 0 rings (SSSR count). The van der Waals surface area contributed by atoms with Gasteiger partial charge in [-0.1, -0.05) is 19.8 Å². The van der Waals surface area contributed by atoms with Crippen LogP contribution in [0.4, 0.5) is 0 Å². The molecule has 1 atom stereocenters. The van der Waals surface area contributed by atoms with Crippen molar-refractivity contribution in [2.75, 3.05) is 19.8 Å². The summed E-state index contributed by atoms with van der Waals surface area (Å²) < 4.78 is 10.4. The Hall–Kier alpha value is -0.120. The third-order valence-electron chi connectivity index (χ3n) is 1.50. The topological polar surface area (TPSA) is 44.5 Å². The molecule has 0 spiro atoms. The average molecular weight is 175 g/mol. The number of nitrogens with two attached hydrogens (primary N) is 1. The van der Waals surface area contributed by atoms with Gasteiger partial charge in [0.2, 0.25) is 0 Å². The zero-order valence-corrected chi connectivity index (χ0v) is 8.21. The van der Waals surface area contributed by atoms with E-state index in [0.717, 1.165) is 13.0 Å². The Labute approximate surface area is 75.2 Å². The van der Waals surface area contributed by atoms with Gasteiger partial charge in [-0.25, -0.2) is 0 Å². The van der Waals surface area contributed by atoms with Crippen molar-refractivity contribution in [3.63, 3.8) is 0 Å². The van der Waals surface area contributed by atoms with E-state index in [1.165, 1.54) is 12.8 Å². The molecule has 0 bridgehead atoms. The fourth-order valence-corrected chi connectivity index (χ4v) is 0.849. The molecule has 74 valence electrons. The lowest BCUT2D eigenvalue weighted by Gasteiger charge is -2.07. The maximum absolute atomic E-state index is 5.38. The molecule has 0 aliphatic rings. The highest BCUT2D eigenvalue weighted by atomic mass is 16.5. The van der Waals surface area contributed by atoms with Gasteiger partial charge in [-0.15, -0.1) is 0 Å². The lowest BCUT2D eigenvalue weighted by Crippen LogP contribution is -2.21. The van der Waals surface area contributed by atoms with Crippen LogP contribution in [0.1, 0.15) is 33.1 Å². The number of hydrogen-bond donors (Lipinski definition) is 1.